The number of carbonyl (C=O) groups is 1. The van der Waals surface area contributed by atoms with Gasteiger partial charge in [0.05, 0.1) is 19.3 Å². The first-order valence-electron chi connectivity index (χ1n) is 11.1. The highest BCUT2D eigenvalue weighted by molar-refractivity contribution is 5.81. The number of aliphatic imine (C=N–C) groups is 1. The highest BCUT2D eigenvalue weighted by atomic mass is 16.5. The molecule has 0 saturated carbocycles. The number of guanidine groups is 1. The molecule has 0 aromatic heterocycles. The molecule has 0 bridgehead atoms. The van der Waals surface area contributed by atoms with Crippen molar-refractivity contribution >= 4 is 11.9 Å². The first-order chi connectivity index (χ1) is 13.5. The van der Waals surface area contributed by atoms with Gasteiger partial charge in [0.2, 0.25) is 5.91 Å². The third kappa shape index (κ3) is 7.95. The quantitative estimate of drug-likeness (QED) is 0.483. The highest BCUT2D eigenvalue weighted by Gasteiger charge is 2.23. The highest BCUT2D eigenvalue weighted by Crippen LogP contribution is 2.17. The minimum absolute atomic E-state index is 0.138. The fourth-order valence-corrected chi connectivity index (χ4v) is 4.01. The summed E-state index contributed by atoms with van der Waals surface area (Å²) in [6.45, 7) is 15.5. The Balaban J connectivity index is 1.76. The van der Waals surface area contributed by atoms with Crippen LogP contribution in [0.1, 0.15) is 53.4 Å². The SMILES string of the molecule is CCNC(=NCC1CN(CC(C)C)CCO1)NCCC(=O)N1CCCCC1C. The summed E-state index contributed by atoms with van der Waals surface area (Å²) in [4.78, 5) is 21.7. The maximum Gasteiger partial charge on any atom is 0.224 e. The number of ether oxygens (including phenoxy) is 1. The molecule has 2 N–H and O–H groups in total. The molecular formula is C21H41N5O2. The van der Waals surface area contributed by atoms with E-state index >= 15 is 0 Å². The lowest BCUT2D eigenvalue weighted by molar-refractivity contribution is -0.134. The smallest absolute Gasteiger partial charge is 0.224 e. The number of nitrogens with one attached hydrogen (secondary N) is 2. The lowest BCUT2D eigenvalue weighted by Gasteiger charge is -2.33. The van der Waals surface area contributed by atoms with E-state index < -0.39 is 0 Å². The summed E-state index contributed by atoms with van der Waals surface area (Å²) in [5.41, 5.74) is 0. The zero-order chi connectivity index (χ0) is 20.4. The summed E-state index contributed by atoms with van der Waals surface area (Å²) in [5.74, 6) is 1.68. The van der Waals surface area contributed by atoms with E-state index in [2.05, 4.69) is 43.2 Å². The summed E-state index contributed by atoms with van der Waals surface area (Å²) < 4.78 is 5.89. The number of rotatable bonds is 8. The fourth-order valence-electron chi connectivity index (χ4n) is 4.01. The van der Waals surface area contributed by atoms with Gasteiger partial charge in [-0.1, -0.05) is 13.8 Å². The minimum Gasteiger partial charge on any atom is -0.374 e. The molecular weight excluding hydrogens is 354 g/mol. The predicted molar refractivity (Wildman–Crippen MR) is 115 cm³/mol. The van der Waals surface area contributed by atoms with E-state index in [0.717, 1.165) is 58.1 Å². The number of nitrogens with zero attached hydrogens (tertiary/aromatic N) is 3. The van der Waals surface area contributed by atoms with Crippen LogP contribution in [0.4, 0.5) is 0 Å². The summed E-state index contributed by atoms with van der Waals surface area (Å²) >= 11 is 0. The van der Waals surface area contributed by atoms with E-state index in [1.165, 1.54) is 6.42 Å². The van der Waals surface area contributed by atoms with Crippen molar-refractivity contribution in [2.75, 3.05) is 52.4 Å². The van der Waals surface area contributed by atoms with Crippen LogP contribution in [-0.4, -0.2) is 86.2 Å². The molecule has 0 radical (unpaired) electrons. The third-order valence-corrected chi connectivity index (χ3v) is 5.40. The van der Waals surface area contributed by atoms with Crippen molar-refractivity contribution in [1.82, 2.24) is 20.4 Å². The molecule has 2 saturated heterocycles. The lowest BCUT2D eigenvalue weighted by atomic mass is 10.0. The van der Waals surface area contributed by atoms with Crippen LogP contribution in [0.3, 0.4) is 0 Å². The topological polar surface area (TPSA) is 69.2 Å². The van der Waals surface area contributed by atoms with Crippen LogP contribution in [0.15, 0.2) is 4.99 Å². The van der Waals surface area contributed by atoms with Gasteiger partial charge in [-0.15, -0.1) is 0 Å². The van der Waals surface area contributed by atoms with Crippen LogP contribution >= 0.6 is 0 Å². The largest absolute Gasteiger partial charge is 0.374 e. The number of hydrogen-bond acceptors (Lipinski definition) is 4. The second kappa shape index (κ2) is 12.3. The van der Waals surface area contributed by atoms with Crippen LogP contribution in [0, 0.1) is 5.92 Å². The maximum absolute atomic E-state index is 12.5. The molecule has 0 aromatic carbocycles. The van der Waals surface area contributed by atoms with E-state index in [1.54, 1.807) is 0 Å². The molecule has 1 amide bonds. The van der Waals surface area contributed by atoms with E-state index in [4.69, 9.17) is 9.73 Å². The molecule has 2 heterocycles. The van der Waals surface area contributed by atoms with Crippen molar-refractivity contribution in [3.63, 3.8) is 0 Å². The zero-order valence-corrected chi connectivity index (χ0v) is 18.4. The van der Waals surface area contributed by atoms with Gasteiger partial charge < -0.3 is 20.3 Å². The Bertz CT molecular complexity index is 497. The normalized spacial score (nSPS) is 24.5. The zero-order valence-electron chi connectivity index (χ0n) is 18.4. The van der Waals surface area contributed by atoms with Crippen LogP contribution in [0.5, 0.6) is 0 Å². The van der Waals surface area contributed by atoms with Gasteiger partial charge in [0.1, 0.15) is 0 Å². The Morgan fingerprint density at radius 3 is 2.79 bits per heavy atom. The van der Waals surface area contributed by atoms with E-state index in [-0.39, 0.29) is 12.0 Å². The van der Waals surface area contributed by atoms with E-state index in [0.29, 0.717) is 31.5 Å². The molecule has 0 spiro atoms. The Kier molecular flexibility index (Phi) is 10.1. The first kappa shape index (κ1) is 22.9. The molecule has 2 aliphatic heterocycles. The number of carbonyl (C=O) groups excluding carboxylic acids is 1. The molecule has 2 aliphatic rings. The molecule has 2 fully saturated rings. The second-order valence-corrected chi connectivity index (χ2v) is 8.47. The molecule has 2 rings (SSSR count). The molecule has 7 nitrogen and oxygen atoms in total. The average Bonchev–Trinajstić information content (AvgIpc) is 2.66. The van der Waals surface area contributed by atoms with Gasteiger partial charge >= 0.3 is 0 Å². The van der Waals surface area contributed by atoms with Gasteiger partial charge in [0.15, 0.2) is 5.96 Å². The van der Waals surface area contributed by atoms with Crippen molar-refractivity contribution in [1.29, 1.82) is 0 Å². The van der Waals surface area contributed by atoms with Crippen molar-refractivity contribution in [3.05, 3.63) is 0 Å². The van der Waals surface area contributed by atoms with Crippen LogP contribution in [-0.2, 0) is 9.53 Å². The maximum atomic E-state index is 12.5. The summed E-state index contributed by atoms with van der Waals surface area (Å²) in [5, 5.41) is 6.58. The van der Waals surface area contributed by atoms with Crippen LogP contribution in [0.2, 0.25) is 0 Å². The molecule has 0 aromatic rings. The van der Waals surface area contributed by atoms with Crippen molar-refractivity contribution in [2.24, 2.45) is 10.9 Å². The second-order valence-electron chi connectivity index (χ2n) is 8.47. The van der Waals surface area contributed by atoms with Gasteiger partial charge in [0.25, 0.3) is 0 Å². The molecule has 28 heavy (non-hydrogen) atoms. The molecule has 0 aliphatic carbocycles. The number of likely N-dealkylation sites (tertiary alicyclic amines) is 1. The summed E-state index contributed by atoms with van der Waals surface area (Å²) in [6, 6.07) is 0.375. The first-order valence-corrected chi connectivity index (χ1v) is 11.1. The predicted octanol–water partition coefficient (Wildman–Crippen LogP) is 1.69. The van der Waals surface area contributed by atoms with Gasteiger partial charge in [-0.2, -0.15) is 0 Å². The number of hydrogen-bond donors (Lipinski definition) is 2. The van der Waals surface area contributed by atoms with Crippen molar-refractivity contribution < 1.29 is 9.53 Å². The number of amides is 1. The standard InChI is InChI=1S/C21H41N5O2/c1-5-22-21(23-10-9-20(27)26-11-7-6-8-18(26)4)24-14-19-16-25(12-13-28-19)15-17(2)3/h17-19H,5-16H2,1-4H3,(H2,22,23,24). The minimum atomic E-state index is 0.138. The average molecular weight is 396 g/mol. The Morgan fingerprint density at radius 1 is 1.25 bits per heavy atom. The summed E-state index contributed by atoms with van der Waals surface area (Å²) in [7, 11) is 0. The summed E-state index contributed by atoms with van der Waals surface area (Å²) in [6.07, 6.45) is 4.13. The van der Waals surface area contributed by atoms with Crippen molar-refractivity contribution in [2.45, 2.75) is 65.5 Å². The molecule has 2 unspecified atom stereocenters. The van der Waals surface area contributed by atoms with Gasteiger partial charge in [-0.05, 0) is 39.0 Å². The Labute approximate surface area is 171 Å². The van der Waals surface area contributed by atoms with Gasteiger partial charge in [-0.3, -0.25) is 14.7 Å². The third-order valence-electron chi connectivity index (χ3n) is 5.40. The van der Waals surface area contributed by atoms with Gasteiger partial charge in [0, 0.05) is 51.7 Å². The van der Waals surface area contributed by atoms with Crippen LogP contribution < -0.4 is 10.6 Å². The lowest BCUT2D eigenvalue weighted by Crippen LogP contribution is -2.46. The monoisotopic (exact) mass is 395 g/mol. The van der Waals surface area contributed by atoms with Crippen LogP contribution in [0.25, 0.3) is 0 Å². The molecule has 2 atom stereocenters. The van der Waals surface area contributed by atoms with E-state index in [1.807, 2.05) is 4.90 Å². The number of morpholine rings is 1. The number of piperidine rings is 1. The Hall–Kier alpha value is -1.34. The molecule has 162 valence electrons. The van der Waals surface area contributed by atoms with Gasteiger partial charge in [-0.25, -0.2) is 0 Å². The van der Waals surface area contributed by atoms with E-state index in [9.17, 15) is 4.79 Å². The van der Waals surface area contributed by atoms with Crippen molar-refractivity contribution in [3.8, 4) is 0 Å². The Morgan fingerprint density at radius 2 is 2.07 bits per heavy atom. The fraction of sp³-hybridized carbons (Fsp3) is 0.905. The molecule has 7 heteroatoms.